The molecule has 0 unspecified atom stereocenters. The molecule has 0 saturated carbocycles. The predicted octanol–water partition coefficient (Wildman–Crippen LogP) is 5.88. The van der Waals surface area contributed by atoms with E-state index < -0.39 is 0 Å². The zero-order valence-electron chi connectivity index (χ0n) is 11.2. The van der Waals surface area contributed by atoms with E-state index in [4.69, 9.17) is 0 Å². The molecule has 5 rings (SSSR count). The van der Waals surface area contributed by atoms with E-state index in [1.54, 1.807) is 6.07 Å². The van der Waals surface area contributed by atoms with Crippen LogP contribution in [-0.2, 0) is 0 Å². The molecule has 0 N–H and O–H groups in total. The predicted molar refractivity (Wildman–Crippen MR) is 87.6 cm³/mol. The van der Waals surface area contributed by atoms with Gasteiger partial charge in [-0.1, -0.05) is 60.7 Å². The molecule has 0 radical (unpaired) electrons. The quantitative estimate of drug-likeness (QED) is 0.243. The maximum Gasteiger partial charge on any atom is 0.131 e. The number of fused-ring (bicyclic) bond motifs is 3. The Balaban J connectivity index is 2.34. The van der Waals surface area contributed by atoms with Crippen LogP contribution in [-0.4, -0.2) is 0 Å². The summed E-state index contributed by atoms with van der Waals surface area (Å²) >= 11 is 0. The third-order valence-electron chi connectivity index (χ3n) is 4.46. The van der Waals surface area contributed by atoms with Crippen LogP contribution in [0.25, 0.3) is 43.1 Å². The molecule has 0 fully saturated rings. The minimum atomic E-state index is -0.142. The van der Waals surface area contributed by atoms with E-state index >= 15 is 0 Å². The second kappa shape index (κ2) is 3.70. The SMILES string of the molecule is Fc1ccc2ccc3cccc4c5ccccc5c1c2c34. The molecule has 5 aromatic rings. The summed E-state index contributed by atoms with van der Waals surface area (Å²) in [6.45, 7) is 0. The van der Waals surface area contributed by atoms with Crippen LogP contribution in [0, 0.1) is 5.82 Å². The van der Waals surface area contributed by atoms with Crippen LogP contribution in [0.4, 0.5) is 4.39 Å². The van der Waals surface area contributed by atoms with Crippen LogP contribution in [0.5, 0.6) is 0 Å². The Hall–Kier alpha value is -2.67. The first-order valence-electron chi connectivity index (χ1n) is 7.08. The fourth-order valence-corrected chi connectivity index (χ4v) is 3.59. The molecule has 0 aliphatic heterocycles. The van der Waals surface area contributed by atoms with Crippen LogP contribution in [0.2, 0.25) is 0 Å². The smallest absolute Gasteiger partial charge is 0.131 e. The number of hydrogen-bond acceptors (Lipinski definition) is 0. The number of rotatable bonds is 0. The molecule has 0 aromatic heterocycles. The maximum atomic E-state index is 14.6. The highest BCUT2D eigenvalue weighted by Gasteiger charge is 2.15. The average Bonchev–Trinajstić information content (AvgIpc) is 2.54. The number of hydrogen-bond donors (Lipinski definition) is 0. The Morgan fingerprint density at radius 2 is 1.10 bits per heavy atom. The highest BCUT2D eigenvalue weighted by molar-refractivity contribution is 6.33. The Bertz CT molecular complexity index is 1140. The third-order valence-corrected chi connectivity index (χ3v) is 4.46. The van der Waals surface area contributed by atoms with Gasteiger partial charge in [-0.05, 0) is 38.4 Å². The van der Waals surface area contributed by atoms with Gasteiger partial charge in [0, 0.05) is 10.8 Å². The second-order valence-corrected chi connectivity index (χ2v) is 5.54. The van der Waals surface area contributed by atoms with Crippen molar-refractivity contribution in [3.05, 3.63) is 72.5 Å². The first kappa shape index (κ1) is 11.0. The molecule has 0 aliphatic rings. The Morgan fingerprint density at radius 3 is 1.95 bits per heavy atom. The molecule has 0 heterocycles. The van der Waals surface area contributed by atoms with Gasteiger partial charge in [-0.15, -0.1) is 0 Å². The first-order chi connectivity index (χ1) is 10.3. The molecule has 98 valence electrons. The zero-order chi connectivity index (χ0) is 14.0. The third kappa shape index (κ3) is 1.28. The van der Waals surface area contributed by atoms with E-state index in [-0.39, 0.29) is 5.82 Å². The maximum absolute atomic E-state index is 14.6. The van der Waals surface area contributed by atoms with E-state index in [0.29, 0.717) is 0 Å². The van der Waals surface area contributed by atoms with Crippen molar-refractivity contribution in [1.29, 1.82) is 0 Å². The fraction of sp³-hybridized carbons (Fsp3) is 0. The average molecular weight is 270 g/mol. The van der Waals surface area contributed by atoms with Gasteiger partial charge in [0.1, 0.15) is 5.82 Å². The number of benzene rings is 5. The highest BCUT2D eigenvalue weighted by atomic mass is 19.1. The van der Waals surface area contributed by atoms with Crippen molar-refractivity contribution >= 4 is 43.1 Å². The standard InChI is InChI=1S/C20H11F/c21-17-11-10-13-9-8-12-4-3-7-15-14-5-1-2-6-16(14)20(17)19(13)18(12)15/h1-11H. The summed E-state index contributed by atoms with van der Waals surface area (Å²) in [5, 5.41) is 8.53. The van der Waals surface area contributed by atoms with E-state index in [1.165, 1.54) is 16.2 Å². The molecule has 0 amide bonds. The van der Waals surface area contributed by atoms with Gasteiger partial charge in [-0.2, -0.15) is 0 Å². The van der Waals surface area contributed by atoms with Crippen molar-refractivity contribution in [2.75, 3.05) is 0 Å². The largest absolute Gasteiger partial charge is 0.206 e. The van der Waals surface area contributed by atoms with E-state index in [2.05, 4.69) is 36.4 Å². The van der Waals surface area contributed by atoms with Crippen molar-refractivity contribution in [3.63, 3.8) is 0 Å². The van der Waals surface area contributed by atoms with Crippen molar-refractivity contribution in [3.8, 4) is 0 Å². The van der Waals surface area contributed by atoms with Crippen molar-refractivity contribution in [2.45, 2.75) is 0 Å². The van der Waals surface area contributed by atoms with Crippen molar-refractivity contribution in [1.82, 2.24) is 0 Å². The summed E-state index contributed by atoms with van der Waals surface area (Å²) in [5.74, 6) is -0.142. The summed E-state index contributed by atoms with van der Waals surface area (Å²) in [5.41, 5.74) is 0. The zero-order valence-corrected chi connectivity index (χ0v) is 11.2. The molecule has 0 saturated heterocycles. The van der Waals surface area contributed by atoms with Gasteiger partial charge in [0.15, 0.2) is 0 Å². The Labute approximate surface area is 120 Å². The summed E-state index contributed by atoms with van der Waals surface area (Å²) in [4.78, 5) is 0. The van der Waals surface area contributed by atoms with Crippen LogP contribution >= 0.6 is 0 Å². The van der Waals surface area contributed by atoms with Crippen LogP contribution < -0.4 is 0 Å². The van der Waals surface area contributed by atoms with E-state index in [9.17, 15) is 4.39 Å². The molecule has 21 heavy (non-hydrogen) atoms. The van der Waals surface area contributed by atoms with Crippen LogP contribution in [0.3, 0.4) is 0 Å². The summed E-state index contributed by atoms with van der Waals surface area (Å²) in [6.07, 6.45) is 0. The fourth-order valence-electron chi connectivity index (χ4n) is 3.59. The molecule has 0 atom stereocenters. The normalized spacial score (nSPS) is 12.0. The molecule has 0 aliphatic carbocycles. The summed E-state index contributed by atoms with van der Waals surface area (Å²) in [7, 11) is 0. The van der Waals surface area contributed by atoms with Crippen molar-refractivity contribution in [2.24, 2.45) is 0 Å². The Kier molecular flexibility index (Phi) is 1.95. The van der Waals surface area contributed by atoms with Gasteiger partial charge in [0.2, 0.25) is 0 Å². The van der Waals surface area contributed by atoms with Gasteiger partial charge >= 0.3 is 0 Å². The molecule has 0 bridgehead atoms. The van der Waals surface area contributed by atoms with Crippen molar-refractivity contribution < 1.29 is 4.39 Å². The second-order valence-electron chi connectivity index (χ2n) is 5.54. The molecule has 0 nitrogen and oxygen atoms in total. The first-order valence-corrected chi connectivity index (χ1v) is 7.08. The lowest BCUT2D eigenvalue weighted by Gasteiger charge is -2.14. The number of halogens is 1. The molecular formula is C20H11F. The topological polar surface area (TPSA) is 0 Å². The summed E-state index contributed by atoms with van der Waals surface area (Å²) < 4.78 is 14.6. The van der Waals surface area contributed by atoms with Crippen LogP contribution in [0.15, 0.2) is 66.7 Å². The molecule has 0 spiro atoms. The van der Waals surface area contributed by atoms with Gasteiger partial charge in [-0.3, -0.25) is 0 Å². The molecule has 5 aromatic carbocycles. The monoisotopic (exact) mass is 270 g/mol. The van der Waals surface area contributed by atoms with Crippen LogP contribution in [0.1, 0.15) is 0 Å². The van der Waals surface area contributed by atoms with Gasteiger partial charge < -0.3 is 0 Å². The molecular weight excluding hydrogens is 259 g/mol. The van der Waals surface area contributed by atoms with Gasteiger partial charge in [0.05, 0.1) is 0 Å². The lowest BCUT2D eigenvalue weighted by molar-refractivity contribution is 0.641. The van der Waals surface area contributed by atoms with E-state index in [0.717, 1.165) is 26.9 Å². The minimum Gasteiger partial charge on any atom is -0.206 e. The summed E-state index contributed by atoms with van der Waals surface area (Å²) in [6, 6.07) is 22.1. The molecule has 1 heteroatoms. The minimum absolute atomic E-state index is 0.142. The van der Waals surface area contributed by atoms with E-state index in [1.807, 2.05) is 24.3 Å². The lowest BCUT2D eigenvalue weighted by atomic mass is 9.89. The lowest BCUT2D eigenvalue weighted by Crippen LogP contribution is -1.89. The highest BCUT2D eigenvalue weighted by Crippen LogP contribution is 2.41. The Morgan fingerprint density at radius 1 is 0.476 bits per heavy atom. The van der Waals surface area contributed by atoms with Gasteiger partial charge in [0.25, 0.3) is 0 Å². The van der Waals surface area contributed by atoms with Gasteiger partial charge in [-0.25, -0.2) is 4.39 Å².